The van der Waals surface area contributed by atoms with Crippen LogP contribution in [0.15, 0.2) is 18.2 Å². The van der Waals surface area contributed by atoms with E-state index in [1.54, 1.807) is 20.8 Å². The van der Waals surface area contributed by atoms with Gasteiger partial charge in [0.1, 0.15) is 11.4 Å². The molecule has 0 radical (unpaired) electrons. The van der Waals surface area contributed by atoms with E-state index in [1.807, 2.05) is 0 Å². The first-order chi connectivity index (χ1) is 6.79. The Morgan fingerprint density at radius 1 is 1.40 bits per heavy atom. The summed E-state index contributed by atoms with van der Waals surface area (Å²) in [5, 5.41) is 0.0595. The van der Waals surface area contributed by atoms with E-state index >= 15 is 0 Å². The van der Waals surface area contributed by atoms with Gasteiger partial charge in [0.05, 0.1) is 10.6 Å². The Bertz CT molecular complexity index is 383. The maximum Gasteiger partial charge on any atom is 0.340 e. The summed E-state index contributed by atoms with van der Waals surface area (Å²) in [6.07, 6.45) is 0. The van der Waals surface area contributed by atoms with Gasteiger partial charge in [-0.2, -0.15) is 0 Å². The summed E-state index contributed by atoms with van der Waals surface area (Å²) in [6, 6.07) is 3.57. The minimum absolute atomic E-state index is 0.0595. The highest BCUT2D eigenvalue weighted by molar-refractivity contribution is 6.33. The first-order valence-electron chi connectivity index (χ1n) is 4.48. The molecule has 0 bridgehead atoms. The van der Waals surface area contributed by atoms with E-state index in [0.29, 0.717) is 0 Å². The van der Waals surface area contributed by atoms with Crippen LogP contribution in [-0.4, -0.2) is 11.6 Å². The number of halogens is 2. The van der Waals surface area contributed by atoms with Crippen molar-refractivity contribution in [2.75, 3.05) is 0 Å². The second-order valence-electron chi connectivity index (χ2n) is 4.13. The van der Waals surface area contributed by atoms with Crippen molar-refractivity contribution < 1.29 is 13.9 Å². The number of carbonyl (C=O) groups excluding carboxylic acids is 1. The zero-order valence-corrected chi connectivity index (χ0v) is 9.56. The Balaban J connectivity index is 2.92. The lowest BCUT2D eigenvalue weighted by Crippen LogP contribution is -2.24. The SMILES string of the molecule is CC(C)(C)OC(=O)c1ccc(F)cc1Cl. The molecule has 15 heavy (non-hydrogen) atoms. The molecule has 1 aromatic rings. The van der Waals surface area contributed by atoms with Crippen molar-refractivity contribution in [3.63, 3.8) is 0 Å². The van der Waals surface area contributed by atoms with Crippen LogP contribution in [0.3, 0.4) is 0 Å². The summed E-state index contributed by atoms with van der Waals surface area (Å²) in [6.45, 7) is 5.26. The maximum absolute atomic E-state index is 12.7. The van der Waals surface area contributed by atoms with Crippen LogP contribution in [0.4, 0.5) is 4.39 Å². The Hall–Kier alpha value is -1.09. The van der Waals surface area contributed by atoms with Crippen LogP contribution in [0.1, 0.15) is 31.1 Å². The van der Waals surface area contributed by atoms with Gasteiger partial charge in [0.2, 0.25) is 0 Å². The van der Waals surface area contributed by atoms with Gasteiger partial charge in [0.15, 0.2) is 0 Å². The molecular weight excluding hydrogens is 219 g/mol. The smallest absolute Gasteiger partial charge is 0.340 e. The van der Waals surface area contributed by atoms with Gasteiger partial charge in [-0.1, -0.05) is 11.6 Å². The summed E-state index contributed by atoms with van der Waals surface area (Å²) in [5.41, 5.74) is -0.414. The number of carbonyl (C=O) groups is 1. The molecule has 0 saturated carbocycles. The lowest BCUT2D eigenvalue weighted by Gasteiger charge is -2.19. The lowest BCUT2D eigenvalue weighted by atomic mass is 10.1. The molecule has 0 fully saturated rings. The average molecular weight is 231 g/mol. The number of esters is 1. The van der Waals surface area contributed by atoms with Crippen LogP contribution in [0.25, 0.3) is 0 Å². The molecule has 2 nitrogen and oxygen atoms in total. The number of hydrogen-bond acceptors (Lipinski definition) is 2. The normalized spacial score (nSPS) is 11.3. The first-order valence-corrected chi connectivity index (χ1v) is 4.86. The van der Waals surface area contributed by atoms with E-state index in [-0.39, 0.29) is 10.6 Å². The third-order valence-electron chi connectivity index (χ3n) is 1.55. The molecule has 0 N–H and O–H groups in total. The van der Waals surface area contributed by atoms with E-state index in [4.69, 9.17) is 16.3 Å². The van der Waals surface area contributed by atoms with Crippen molar-refractivity contribution in [3.8, 4) is 0 Å². The molecule has 82 valence electrons. The molecule has 1 aromatic carbocycles. The van der Waals surface area contributed by atoms with Gasteiger partial charge in [0, 0.05) is 0 Å². The van der Waals surface area contributed by atoms with Gasteiger partial charge in [-0.15, -0.1) is 0 Å². The van der Waals surface area contributed by atoms with Crippen LogP contribution in [-0.2, 0) is 4.74 Å². The van der Waals surface area contributed by atoms with E-state index in [1.165, 1.54) is 12.1 Å². The molecule has 0 aliphatic heterocycles. The predicted octanol–water partition coefficient (Wildman–Crippen LogP) is 3.43. The van der Waals surface area contributed by atoms with Gasteiger partial charge < -0.3 is 4.74 Å². The van der Waals surface area contributed by atoms with Crippen molar-refractivity contribution >= 4 is 17.6 Å². The summed E-state index contributed by atoms with van der Waals surface area (Å²) < 4.78 is 17.8. The molecule has 0 aliphatic carbocycles. The maximum atomic E-state index is 12.7. The minimum atomic E-state index is -0.588. The number of ether oxygens (including phenoxy) is 1. The van der Waals surface area contributed by atoms with Crippen LogP contribution in [0.5, 0.6) is 0 Å². The van der Waals surface area contributed by atoms with Crippen molar-refractivity contribution in [2.24, 2.45) is 0 Å². The van der Waals surface area contributed by atoms with Gasteiger partial charge in [0.25, 0.3) is 0 Å². The third kappa shape index (κ3) is 3.51. The van der Waals surface area contributed by atoms with E-state index in [9.17, 15) is 9.18 Å². The van der Waals surface area contributed by atoms with Crippen molar-refractivity contribution in [3.05, 3.63) is 34.6 Å². The largest absolute Gasteiger partial charge is 0.456 e. The van der Waals surface area contributed by atoms with Crippen LogP contribution >= 0.6 is 11.6 Å². The summed E-state index contributed by atoms with van der Waals surface area (Å²) in [4.78, 5) is 11.6. The summed E-state index contributed by atoms with van der Waals surface area (Å²) in [7, 11) is 0. The molecule has 0 saturated heterocycles. The lowest BCUT2D eigenvalue weighted by molar-refractivity contribution is 0.00697. The fourth-order valence-corrected chi connectivity index (χ4v) is 1.23. The summed E-state index contributed by atoms with van der Waals surface area (Å²) in [5.74, 6) is -1.03. The molecular formula is C11H12ClFO2. The highest BCUT2D eigenvalue weighted by atomic mass is 35.5. The molecule has 0 aromatic heterocycles. The minimum Gasteiger partial charge on any atom is -0.456 e. The average Bonchev–Trinajstić information content (AvgIpc) is 1.99. The molecule has 4 heteroatoms. The number of hydrogen-bond donors (Lipinski definition) is 0. The van der Waals surface area contributed by atoms with E-state index in [2.05, 4.69) is 0 Å². The molecule has 0 unspecified atom stereocenters. The van der Waals surface area contributed by atoms with Crippen LogP contribution in [0, 0.1) is 5.82 Å². The Morgan fingerprint density at radius 2 is 2.00 bits per heavy atom. The standard InChI is InChI=1S/C11H12ClFO2/c1-11(2,3)15-10(14)8-5-4-7(13)6-9(8)12/h4-6H,1-3H3. The molecule has 0 heterocycles. The second-order valence-corrected chi connectivity index (χ2v) is 4.53. The fourth-order valence-electron chi connectivity index (χ4n) is 0.988. The van der Waals surface area contributed by atoms with Gasteiger partial charge in [-0.3, -0.25) is 0 Å². The quantitative estimate of drug-likeness (QED) is 0.691. The van der Waals surface area contributed by atoms with Gasteiger partial charge in [-0.05, 0) is 39.0 Å². The zero-order valence-electron chi connectivity index (χ0n) is 8.80. The highest BCUT2D eigenvalue weighted by Crippen LogP contribution is 2.20. The fraction of sp³-hybridized carbons (Fsp3) is 0.364. The predicted molar refractivity (Wildman–Crippen MR) is 56.6 cm³/mol. The Kier molecular flexibility index (Phi) is 3.35. The van der Waals surface area contributed by atoms with Crippen LogP contribution in [0.2, 0.25) is 5.02 Å². The molecule has 1 rings (SSSR count). The topological polar surface area (TPSA) is 26.3 Å². The molecule has 0 spiro atoms. The monoisotopic (exact) mass is 230 g/mol. The van der Waals surface area contributed by atoms with Crippen molar-refractivity contribution in [2.45, 2.75) is 26.4 Å². The zero-order chi connectivity index (χ0) is 11.6. The third-order valence-corrected chi connectivity index (χ3v) is 1.86. The number of rotatable bonds is 1. The first kappa shape index (κ1) is 12.0. The highest BCUT2D eigenvalue weighted by Gasteiger charge is 2.19. The summed E-state index contributed by atoms with van der Waals surface area (Å²) >= 11 is 5.71. The van der Waals surface area contributed by atoms with Crippen molar-refractivity contribution in [1.29, 1.82) is 0 Å². The van der Waals surface area contributed by atoms with Gasteiger partial charge in [-0.25, -0.2) is 9.18 Å². The Morgan fingerprint density at radius 3 is 2.47 bits per heavy atom. The van der Waals surface area contributed by atoms with Crippen LogP contribution < -0.4 is 0 Å². The van der Waals surface area contributed by atoms with E-state index < -0.39 is 17.4 Å². The number of benzene rings is 1. The van der Waals surface area contributed by atoms with Gasteiger partial charge >= 0.3 is 5.97 Å². The molecule has 0 atom stereocenters. The molecule has 0 amide bonds. The van der Waals surface area contributed by atoms with Crippen molar-refractivity contribution in [1.82, 2.24) is 0 Å². The molecule has 0 aliphatic rings. The second kappa shape index (κ2) is 4.19. The Labute approximate surface area is 93.0 Å². The van der Waals surface area contributed by atoms with E-state index in [0.717, 1.165) is 6.07 Å².